The van der Waals surface area contributed by atoms with Crippen molar-refractivity contribution in [3.05, 3.63) is 29.3 Å². The molecular weight excluding hydrogens is 198 g/mol. The number of hydrogen-bond donors (Lipinski definition) is 1. The number of hydrogen-bond acceptors (Lipinski definition) is 2. The minimum atomic E-state index is 0.331. The van der Waals surface area contributed by atoms with Crippen molar-refractivity contribution in [3.63, 3.8) is 0 Å². The standard InChI is InChI=1S/C14H23NO/c1-10(2)9-15-12(4)13-7-6-11(3)8-14(13)16-5/h6-8,10,12,15H,9H2,1-5H3. The molecule has 16 heavy (non-hydrogen) atoms. The molecule has 0 aliphatic carbocycles. The van der Waals surface area contributed by atoms with Crippen molar-refractivity contribution in [2.75, 3.05) is 13.7 Å². The van der Waals surface area contributed by atoms with Gasteiger partial charge in [0.1, 0.15) is 5.75 Å². The van der Waals surface area contributed by atoms with Crippen LogP contribution in [-0.4, -0.2) is 13.7 Å². The molecule has 0 bridgehead atoms. The van der Waals surface area contributed by atoms with Gasteiger partial charge in [-0.2, -0.15) is 0 Å². The van der Waals surface area contributed by atoms with E-state index >= 15 is 0 Å². The summed E-state index contributed by atoms with van der Waals surface area (Å²) in [6.07, 6.45) is 0. The predicted octanol–water partition coefficient (Wildman–Crippen LogP) is 3.31. The highest BCUT2D eigenvalue weighted by Gasteiger charge is 2.11. The van der Waals surface area contributed by atoms with Crippen molar-refractivity contribution in [2.45, 2.75) is 33.7 Å². The van der Waals surface area contributed by atoms with Crippen molar-refractivity contribution < 1.29 is 4.74 Å². The van der Waals surface area contributed by atoms with Crippen LogP contribution in [0.15, 0.2) is 18.2 Å². The van der Waals surface area contributed by atoms with E-state index in [4.69, 9.17) is 4.74 Å². The highest BCUT2D eigenvalue weighted by molar-refractivity contribution is 5.38. The summed E-state index contributed by atoms with van der Waals surface area (Å²) in [5.41, 5.74) is 2.46. The minimum absolute atomic E-state index is 0.331. The Labute approximate surface area is 99.0 Å². The van der Waals surface area contributed by atoms with Crippen LogP contribution < -0.4 is 10.1 Å². The van der Waals surface area contributed by atoms with E-state index in [2.05, 4.69) is 51.2 Å². The summed E-state index contributed by atoms with van der Waals surface area (Å²) in [6, 6.07) is 6.69. The molecule has 0 radical (unpaired) electrons. The molecule has 90 valence electrons. The van der Waals surface area contributed by atoms with Crippen molar-refractivity contribution in [2.24, 2.45) is 5.92 Å². The van der Waals surface area contributed by atoms with Gasteiger partial charge in [-0.3, -0.25) is 0 Å². The Bertz CT molecular complexity index is 334. The second-order valence-corrected chi connectivity index (χ2v) is 4.77. The van der Waals surface area contributed by atoms with Gasteiger partial charge in [0.2, 0.25) is 0 Å². The van der Waals surface area contributed by atoms with Crippen LogP contribution >= 0.6 is 0 Å². The Morgan fingerprint density at radius 3 is 2.50 bits per heavy atom. The number of ether oxygens (including phenoxy) is 1. The van der Waals surface area contributed by atoms with Gasteiger partial charge in [-0.1, -0.05) is 26.0 Å². The molecule has 1 aromatic rings. The van der Waals surface area contributed by atoms with Gasteiger partial charge in [0.25, 0.3) is 0 Å². The molecule has 1 aromatic carbocycles. The third-order valence-electron chi connectivity index (χ3n) is 2.69. The predicted molar refractivity (Wildman–Crippen MR) is 69.0 cm³/mol. The Morgan fingerprint density at radius 1 is 1.25 bits per heavy atom. The maximum Gasteiger partial charge on any atom is 0.123 e. The Balaban J connectivity index is 2.77. The van der Waals surface area contributed by atoms with Crippen molar-refractivity contribution in [1.82, 2.24) is 5.32 Å². The van der Waals surface area contributed by atoms with Crippen molar-refractivity contribution in [1.29, 1.82) is 0 Å². The van der Waals surface area contributed by atoms with Gasteiger partial charge < -0.3 is 10.1 Å². The lowest BCUT2D eigenvalue weighted by Crippen LogP contribution is -2.23. The molecule has 2 nitrogen and oxygen atoms in total. The van der Waals surface area contributed by atoms with Crippen LogP contribution in [0.2, 0.25) is 0 Å². The molecule has 0 aliphatic heterocycles. The van der Waals surface area contributed by atoms with E-state index in [1.165, 1.54) is 11.1 Å². The van der Waals surface area contributed by atoms with Gasteiger partial charge in [-0.25, -0.2) is 0 Å². The number of rotatable bonds is 5. The molecule has 0 heterocycles. The summed E-state index contributed by atoms with van der Waals surface area (Å²) in [5, 5.41) is 3.51. The first-order chi connectivity index (χ1) is 7.54. The molecule has 0 saturated heterocycles. The van der Waals surface area contributed by atoms with Gasteiger partial charge >= 0.3 is 0 Å². The van der Waals surface area contributed by atoms with E-state index in [0.717, 1.165) is 12.3 Å². The van der Waals surface area contributed by atoms with Crippen LogP contribution in [-0.2, 0) is 0 Å². The molecule has 2 heteroatoms. The maximum atomic E-state index is 5.41. The first-order valence-corrected chi connectivity index (χ1v) is 5.92. The average Bonchev–Trinajstić information content (AvgIpc) is 2.25. The van der Waals surface area contributed by atoms with Crippen LogP contribution in [0, 0.1) is 12.8 Å². The Morgan fingerprint density at radius 2 is 1.94 bits per heavy atom. The third kappa shape index (κ3) is 3.53. The number of methoxy groups -OCH3 is 1. The molecule has 0 aliphatic rings. The quantitative estimate of drug-likeness (QED) is 0.823. The van der Waals surface area contributed by atoms with E-state index in [0.29, 0.717) is 12.0 Å². The molecule has 0 fully saturated rings. The number of benzene rings is 1. The fraction of sp³-hybridized carbons (Fsp3) is 0.571. The van der Waals surface area contributed by atoms with Crippen LogP contribution in [0.3, 0.4) is 0 Å². The molecular formula is C14H23NO. The Hall–Kier alpha value is -1.02. The fourth-order valence-corrected chi connectivity index (χ4v) is 1.70. The van der Waals surface area contributed by atoms with Crippen LogP contribution in [0.4, 0.5) is 0 Å². The summed E-state index contributed by atoms with van der Waals surface area (Å²) < 4.78 is 5.41. The van der Waals surface area contributed by atoms with Gasteiger partial charge in [0.05, 0.1) is 7.11 Å². The summed E-state index contributed by atoms with van der Waals surface area (Å²) in [4.78, 5) is 0. The maximum absolute atomic E-state index is 5.41. The molecule has 0 saturated carbocycles. The smallest absolute Gasteiger partial charge is 0.123 e. The molecule has 0 aromatic heterocycles. The highest BCUT2D eigenvalue weighted by Crippen LogP contribution is 2.26. The van der Waals surface area contributed by atoms with Gasteiger partial charge in [0.15, 0.2) is 0 Å². The lowest BCUT2D eigenvalue weighted by molar-refractivity contribution is 0.398. The second kappa shape index (κ2) is 5.90. The topological polar surface area (TPSA) is 21.3 Å². The average molecular weight is 221 g/mol. The second-order valence-electron chi connectivity index (χ2n) is 4.77. The lowest BCUT2D eigenvalue weighted by Gasteiger charge is -2.19. The first kappa shape index (κ1) is 13.0. The zero-order valence-electron chi connectivity index (χ0n) is 11.0. The molecule has 1 N–H and O–H groups in total. The van der Waals surface area contributed by atoms with E-state index < -0.39 is 0 Å². The normalized spacial score (nSPS) is 12.9. The van der Waals surface area contributed by atoms with Crippen LogP contribution in [0.5, 0.6) is 5.75 Å². The van der Waals surface area contributed by atoms with Crippen molar-refractivity contribution >= 4 is 0 Å². The zero-order valence-corrected chi connectivity index (χ0v) is 11.0. The molecule has 1 rings (SSSR count). The number of nitrogens with one attached hydrogen (secondary N) is 1. The zero-order chi connectivity index (χ0) is 12.1. The van der Waals surface area contributed by atoms with Crippen LogP contribution in [0.25, 0.3) is 0 Å². The summed E-state index contributed by atoms with van der Waals surface area (Å²) >= 11 is 0. The molecule has 1 unspecified atom stereocenters. The first-order valence-electron chi connectivity index (χ1n) is 5.92. The van der Waals surface area contributed by atoms with Gasteiger partial charge in [-0.05, 0) is 37.9 Å². The summed E-state index contributed by atoms with van der Waals surface area (Å²) in [5.74, 6) is 1.64. The monoisotopic (exact) mass is 221 g/mol. The van der Waals surface area contributed by atoms with E-state index in [-0.39, 0.29) is 0 Å². The fourth-order valence-electron chi connectivity index (χ4n) is 1.70. The van der Waals surface area contributed by atoms with Crippen LogP contribution in [0.1, 0.15) is 37.9 Å². The minimum Gasteiger partial charge on any atom is -0.496 e. The summed E-state index contributed by atoms with van der Waals surface area (Å²) in [6.45, 7) is 9.71. The van der Waals surface area contributed by atoms with Gasteiger partial charge in [0, 0.05) is 11.6 Å². The largest absolute Gasteiger partial charge is 0.496 e. The highest BCUT2D eigenvalue weighted by atomic mass is 16.5. The number of aryl methyl sites for hydroxylation is 1. The molecule has 1 atom stereocenters. The van der Waals surface area contributed by atoms with E-state index in [9.17, 15) is 0 Å². The molecule has 0 spiro atoms. The summed E-state index contributed by atoms with van der Waals surface area (Å²) in [7, 11) is 1.73. The lowest BCUT2D eigenvalue weighted by atomic mass is 10.0. The van der Waals surface area contributed by atoms with E-state index in [1.807, 2.05) is 0 Å². The molecule has 0 amide bonds. The SMILES string of the molecule is COc1cc(C)ccc1C(C)NCC(C)C. The van der Waals surface area contributed by atoms with Gasteiger partial charge in [-0.15, -0.1) is 0 Å². The van der Waals surface area contributed by atoms with Crippen molar-refractivity contribution in [3.8, 4) is 5.75 Å². The third-order valence-corrected chi connectivity index (χ3v) is 2.69. The van der Waals surface area contributed by atoms with E-state index in [1.54, 1.807) is 7.11 Å². The Kier molecular flexibility index (Phi) is 4.81.